The number of benzene rings is 1. The molecule has 0 aromatic heterocycles. The highest BCUT2D eigenvalue weighted by Crippen LogP contribution is 2.32. The summed E-state index contributed by atoms with van der Waals surface area (Å²) in [5.74, 6) is 0.822. The second kappa shape index (κ2) is 8.55. The van der Waals surface area contributed by atoms with Gasteiger partial charge in [-0.05, 0) is 42.0 Å². The Balaban J connectivity index is 1.55. The molecule has 0 saturated carbocycles. The first-order chi connectivity index (χ1) is 13.2. The summed E-state index contributed by atoms with van der Waals surface area (Å²) < 4.78 is 46.9. The highest BCUT2D eigenvalue weighted by molar-refractivity contribution is 5.74. The van der Waals surface area contributed by atoms with Crippen LogP contribution in [-0.4, -0.2) is 50.4 Å². The van der Waals surface area contributed by atoms with Crippen molar-refractivity contribution in [1.82, 2.24) is 4.90 Å². The summed E-state index contributed by atoms with van der Waals surface area (Å²) >= 11 is 0. The third kappa shape index (κ3) is 5.28. The Hall–Kier alpha value is -2.02. The van der Waals surface area contributed by atoms with Crippen LogP contribution in [0.25, 0.3) is 6.08 Å². The summed E-state index contributed by atoms with van der Waals surface area (Å²) in [4.78, 5) is 13.7. The lowest BCUT2D eigenvalue weighted by atomic mass is 9.83. The van der Waals surface area contributed by atoms with Crippen molar-refractivity contribution in [2.45, 2.75) is 32.4 Å². The van der Waals surface area contributed by atoms with E-state index in [1.54, 1.807) is 0 Å². The van der Waals surface area contributed by atoms with Gasteiger partial charge >= 0.3 is 12.1 Å². The summed E-state index contributed by atoms with van der Waals surface area (Å²) in [7, 11) is 1.42. The largest absolute Gasteiger partial charge is 0.494 e. The fourth-order valence-corrected chi connectivity index (χ4v) is 3.73. The smallest absolute Gasteiger partial charge is 0.389 e. The van der Waals surface area contributed by atoms with Crippen molar-refractivity contribution in [3.63, 3.8) is 0 Å². The third-order valence-electron chi connectivity index (χ3n) is 5.39. The lowest BCUT2D eigenvalue weighted by Gasteiger charge is -2.39. The highest BCUT2D eigenvalue weighted by Gasteiger charge is 2.34. The number of ether oxygens (including phenoxy) is 2. The summed E-state index contributed by atoms with van der Waals surface area (Å²) in [6.07, 6.45) is -1.95. The van der Waals surface area contributed by atoms with Gasteiger partial charge in [0.15, 0.2) is 0 Å². The molecular weight excluding hydrogens is 371 g/mol. The van der Waals surface area contributed by atoms with E-state index in [-0.39, 0.29) is 24.9 Å². The number of rotatable bonds is 7. The Bertz CT molecular complexity index is 739. The fraction of sp³-hybridized carbons (Fsp3) is 0.571. The molecule has 3 rings (SSSR count). The minimum absolute atomic E-state index is 0.0196. The van der Waals surface area contributed by atoms with Crippen molar-refractivity contribution in [2.75, 3.05) is 33.4 Å². The molecule has 1 aliphatic carbocycles. The molecule has 0 unspecified atom stereocenters. The molecule has 154 valence electrons. The maximum absolute atomic E-state index is 12.2. The quantitative estimate of drug-likeness (QED) is 0.513. The SMILES string of the molecule is COC(=O)C1CN(CC2=Cc3ccc(OCCCC(F)(F)F)cc3C[C@@H]2C)C1. The van der Waals surface area contributed by atoms with Crippen LogP contribution in [0.3, 0.4) is 0 Å². The van der Waals surface area contributed by atoms with E-state index in [2.05, 4.69) is 17.9 Å². The second-order valence-electron chi connectivity index (χ2n) is 7.67. The van der Waals surface area contributed by atoms with Gasteiger partial charge in [-0.15, -0.1) is 0 Å². The Morgan fingerprint density at radius 3 is 2.71 bits per heavy atom. The average Bonchev–Trinajstić information content (AvgIpc) is 2.60. The van der Waals surface area contributed by atoms with Crippen molar-refractivity contribution in [1.29, 1.82) is 0 Å². The number of hydrogen-bond donors (Lipinski definition) is 0. The Labute approximate surface area is 163 Å². The first kappa shape index (κ1) is 20.7. The number of esters is 1. The van der Waals surface area contributed by atoms with Gasteiger partial charge in [0.1, 0.15) is 5.75 Å². The van der Waals surface area contributed by atoms with Crippen molar-refractivity contribution in [3.05, 3.63) is 34.9 Å². The van der Waals surface area contributed by atoms with E-state index >= 15 is 0 Å². The molecule has 4 nitrogen and oxygen atoms in total. The number of carbonyl (C=O) groups excluding carboxylic acids is 1. The van der Waals surface area contributed by atoms with Crippen molar-refractivity contribution < 1.29 is 27.4 Å². The number of alkyl halides is 3. The number of nitrogens with zero attached hydrogens (tertiary/aromatic N) is 1. The minimum atomic E-state index is -4.14. The van der Waals surface area contributed by atoms with Gasteiger partial charge in [0, 0.05) is 26.1 Å². The molecule has 1 aromatic rings. The summed E-state index contributed by atoms with van der Waals surface area (Å²) in [6, 6.07) is 5.71. The van der Waals surface area contributed by atoms with Crippen molar-refractivity contribution >= 4 is 12.0 Å². The molecule has 7 heteroatoms. The molecule has 1 saturated heterocycles. The molecule has 0 N–H and O–H groups in total. The van der Waals surface area contributed by atoms with Crippen LogP contribution in [0.4, 0.5) is 13.2 Å². The first-order valence-electron chi connectivity index (χ1n) is 9.58. The molecule has 1 heterocycles. The topological polar surface area (TPSA) is 38.8 Å². The standard InChI is InChI=1S/C21H26F3NO3/c1-14-8-16-10-19(28-7-3-6-21(22,23)24)5-4-15(16)9-17(14)11-25-12-18(13-25)20(26)27-2/h4-5,9-10,14,18H,3,6-8,11-13H2,1-2H3/t14-/m0/s1. The van der Waals surface area contributed by atoms with Crippen molar-refractivity contribution in [3.8, 4) is 5.75 Å². The molecule has 0 radical (unpaired) electrons. The van der Waals surface area contributed by atoms with Crippen LogP contribution in [0.5, 0.6) is 5.75 Å². The van der Waals surface area contributed by atoms with Gasteiger partial charge in [0.2, 0.25) is 0 Å². The molecule has 1 aliphatic heterocycles. The lowest BCUT2D eigenvalue weighted by Crippen LogP contribution is -2.51. The van der Waals surface area contributed by atoms with Gasteiger partial charge in [-0.1, -0.05) is 24.6 Å². The fourth-order valence-electron chi connectivity index (χ4n) is 3.73. The van der Waals surface area contributed by atoms with Crippen LogP contribution in [0.2, 0.25) is 0 Å². The molecule has 28 heavy (non-hydrogen) atoms. The van der Waals surface area contributed by atoms with E-state index in [9.17, 15) is 18.0 Å². The van der Waals surface area contributed by atoms with E-state index in [0.717, 1.165) is 37.2 Å². The van der Waals surface area contributed by atoms with E-state index < -0.39 is 12.6 Å². The van der Waals surface area contributed by atoms with Crippen LogP contribution in [0, 0.1) is 11.8 Å². The maximum Gasteiger partial charge on any atom is 0.389 e. The van der Waals surface area contributed by atoms with Gasteiger partial charge < -0.3 is 9.47 Å². The third-order valence-corrected chi connectivity index (χ3v) is 5.39. The predicted octanol–water partition coefficient (Wildman–Crippen LogP) is 4.09. The van der Waals surface area contributed by atoms with Crippen LogP contribution < -0.4 is 4.74 Å². The Kier molecular flexibility index (Phi) is 6.33. The number of methoxy groups -OCH3 is 1. The van der Waals surface area contributed by atoms with Crippen LogP contribution in [-0.2, 0) is 16.0 Å². The van der Waals surface area contributed by atoms with Gasteiger partial charge in [-0.3, -0.25) is 9.69 Å². The van der Waals surface area contributed by atoms with Gasteiger partial charge in [0.25, 0.3) is 0 Å². The first-order valence-corrected chi connectivity index (χ1v) is 9.58. The van der Waals surface area contributed by atoms with Gasteiger partial charge in [-0.2, -0.15) is 13.2 Å². The van der Waals surface area contributed by atoms with Gasteiger partial charge in [-0.25, -0.2) is 0 Å². The van der Waals surface area contributed by atoms with E-state index in [0.29, 0.717) is 11.7 Å². The minimum Gasteiger partial charge on any atom is -0.494 e. The second-order valence-corrected chi connectivity index (χ2v) is 7.67. The monoisotopic (exact) mass is 397 g/mol. The highest BCUT2D eigenvalue weighted by atomic mass is 19.4. The van der Waals surface area contributed by atoms with Crippen LogP contribution >= 0.6 is 0 Å². The lowest BCUT2D eigenvalue weighted by molar-refractivity contribution is -0.151. The van der Waals surface area contributed by atoms with Crippen LogP contribution in [0.1, 0.15) is 30.9 Å². The Morgan fingerprint density at radius 2 is 2.04 bits per heavy atom. The Morgan fingerprint density at radius 1 is 1.29 bits per heavy atom. The van der Waals surface area contributed by atoms with Crippen LogP contribution in [0.15, 0.2) is 23.8 Å². The molecule has 0 bridgehead atoms. The van der Waals surface area contributed by atoms with E-state index in [1.165, 1.54) is 12.7 Å². The maximum atomic E-state index is 12.2. The van der Waals surface area contributed by atoms with Crippen molar-refractivity contribution in [2.24, 2.45) is 11.8 Å². The molecule has 1 aromatic carbocycles. The summed E-state index contributed by atoms with van der Waals surface area (Å²) in [6.45, 7) is 4.53. The predicted molar refractivity (Wildman–Crippen MR) is 100 cm³/mol. The summed E-state index contributed by atoms with van der Waals surface area (Å²) in [5, 5.41) is 0. The summed E-state index contributed by atoms with van der Waals surface area (Å²) in [5.41, 5.74) is 3.61. The number of likely N-dealkylation sites (tertiary alicyclic amines) is 1. The molecule has 1 fully saturated rings. The molecule has 2 aliphatic rings. The molecule has 0 amide bonds. The zero-order valence-corrected chi connectivity index (χ0v) is 16.2. The number of halogens is 3. The number of hydrogen-bond acceptors (Lipinski definition) is 4. The van der Waals surface area contributed by atoms with Gasteiger partial charge in [0.05, 0.1) is 19.6 Å². The normalized spacial score (nSPS) is 20.2. The number of carbonyl (C=O) groups is 1. The zero-order chi connectivity index (χ0) is 20.3. The molecule has 1 atom stereocenters. The average molecular weight is 397 g/mol. The molecular formula is C21H26F3NO3. The number of fused-ring (bicyclic) bond motifs is 1. The van der Waals surface area contributed by atoms with E-state index in [4.69, 9.17) is 9.47 Å². The zero-order valence-electron chi connectivity index (χ0n) is 16.2. The molecule has 0 spiro atoms. The van der Waals surface area contributed by atoms with E-state index in [1.807, 2.05) is 18.2 Å².